The lowest BCUT2D eigenvalue weighted by Crippen LogP contribution is -2.28. The summed E-state index contributed by atoms with van der Waals surface area (Å²) in [5.41, 5.74) is 0.542. The van der Waals surface area contributed by atoms with Crippen LogP contribution < -0.4 is 0 Å². The number of rotatable bonds is 2. The molecular weight excluding hydrogens is 472 g/mol. The zero-order valence-corrected chi connectivity index (χ0v) is 29.9. The quantitative estimate of drug-likeness (QED) is 0.333. The zero-order chi connectivity index (χ0) is 30.1. The standard InChI is InChI=1S/C8H16.C7H15N.C6H13N.C6H14.C5H12.C4H10.CH4/c2*1-7-3-5-8(2)6-4-7;1-6-3-4-7(2)5-6;1-5-6(2,3)4;1-4-5(2)3;1-3-4-2;/h7-8H,3-6H2,1-2H3;7H,3-6H2,1-2H3;6H,3-5H2,1-2H3;5H2,1-4H3;5H,4H2,1-3H3;3-4H2,1-2H3;1H4. The summed E-state index contributed by atoms with van der Waals surface area (Å²) in [6.07, 6.45) is 15.3. The summed E-state index contributed by atoms with van der Waals surface area (Å²) in [6, 6.07) is 0. The molecule has 2 heteroatoms. The Bertz CT molecular complexity index is 387. The minimum absolute atomic E-state index is 0. The summed E-state index contributed by atoms with van der Waals surface area (Å²) in [5, 5.41) is 0. The van der Waals surface area contributed by atoms with Crippen LogP contribution in [0.15, 0.2) is 0 Å². The van der Waals surface area contributed by atoms with Crippen LogP contribution in [0.1, 0.15) is 168 Å². The first-order chi connectivity index (χ1) is 17.6. The largest absolute Gasteiger partial charge is 0.306 e. The van der Waals surface area contributed by atoms with Gasteiger partial charge in [-0.2, -0.15) is 0 Å². The van der Waals surface area contributed by atoms with Gasteiger partial charge in [0, 0.05) is 6.54 Å². The second kappa shape index (κ2) is 29.4. The van der Waals surface area contributed by atoms with Gasteiger partial charge in [-0.25, -0.2) is 0 Å². The van der Waals surface area contributed by atoms with Crippen LogP contribution >= 0.6 is 0 Å². The van der Waals surface area contributed by atoms with Crippen molar-refractivity contribution in [1.29, 1.82) is 0 Å². The third-order valence-corrected chi connectivity index (χ3v) is 8.32. The maximum Gasteiger partial charge on any atom is 0.000445 e. The Morgan fingerprint density at radius 3 is 1.03 bits per heavy atom. The van der Waals surface area contributed by atoms with Crippen LogP contribution in [0.4, 0.5) is 0 Å². The maximum atomic E-state index is 2.40. The van der Waals surface area contributed by atoms with E-state index in [0.29, 0.717) is 5.41 Å². The van der Waals surface area contributed by atoms with Gasteiger partial charge in [-0.15, -0.1) is 0 Å². The number of hydrogen-bond acceptors (Lipinski definition) is 2. The molecule has 0 N–H and O–H groups in total. The molecule has 1 atom stereocenters. The highest BCUT2D eigenvalue weighted by atomic mass is 15.1. The molecule has 0 radical (unpaired) electrons. The number of piperidine rings is 1. The minimum Gasteiger partial charge on any atom is -0.306 e. The third-order valence-electron chi connectivity index (χ3n) is 8.32. The molecule has 2 saturated heterocycles. The van der Waals surface area contributed by atoms with Gasteiger partial charge >= 0.3 is 0 Å². The van der Waals surface area contributed by atoms with E-state index in [1.807, 2.05) is 0 Å². The molecule has 0 aromatic heterocycles. The monoisotopic (exact) mass is 557 g/mol. The molecule has 3 rings (SSSR count). The van der Waals surface area contributed by atoms with Crippen molar-refractivity contribution in [2.24, 2.45) is 35.0 Å². The Labute approximate surface area is 252 Å². The van der Waals surface area contributed by atoms with Gasteiger partial charge in [-0.1, -0.05) is 149 Å². The Kier molecular flexibility index (Phi) is 34.6. The lowest BCUT2D eigenvalue weighted by atomic mass is 9.84. The molecule has 0 amide bonds. The highest BCUT2D eigenvalue weighted by molar-refractivity contribution is 4.68. The number of likely N-dealkylation sites (tertiary alicyclic amines) is 2. The zero-order valence-electron chi connectivity index (χ0n) is 29.9. The molecule has 0 aromatic carbocycles. The van der Waals surface area contributed by atoms with E-state index in [9.17, 15) is 0 Å². The number of nitrogens with zero attached hydrogens (tertiary/aromatic N) is 2. The molecule has 0 bridgehead atoms. The second-order valence-electron chi connectivity index (χ2n) is 14.7. The molecule has 39 heavy (non-hydrogen) atoms. The van der Waals surface area contributed by atoms with Crippen LogP contribution in [0.5, 0.6) is 0 Å². The predicted molar refractivity (Wildman–Crippen MR) is 186 cm³/mol. The van der Waals surface area contributed by atoms with E-state index in [1.54, 1.807) is 0 Å². The maximum absolute atomic E-state index is 2.40. The molecule has 242 valence electrons. The van der Waals surface area contributed by atoms with E-state index in [0.717, 1.165) is 29.6 Å². The molecule has 0 aromatic rings. The first kappa shape index (κ1) is 45.9. The summed E-state index contributed by atoms with van der Waals surface area (Å²) in [4.78, 5) is 4.78. The molecule has 1 saturated carbocycles. The third kappa shape index (κ3) is 40.1. The highest BCUT2D eigenvalue weighted by Crippen LogP contribution is 2.27. The Morgan fingerprint density at radius 1 is 0.590 bits per heavy atom. The van der Waals surface area contributed by atoms with Crippen LogP contribution in [0.25, 0.3) is 0 Å². The highest BCUT2D eigenvalue weighted by Gasteiger charge is 2.14. The summed E-state index contributed by atoms with van der Waals surface area (Å²) >= 11 is 0. The second-order valence-corrected chi connectivity index (χ2v) is 14.7. The van der Waals surface area contributed by atoms with E-state index >= 15 is 0 Å². The number of unbranched alkanes of at least 4 members (excludes halogenated alkanes) is 1. The molecule has 3 aliphatic rings. The fourth-order valence-electron chi connectivity index (χ4n) is 3.72. The van der Waals surface area contributed by atoms with E-state index in [2.05, 4.69) is 114 Å². The van der Waals surface area contributed by atoms with Gasteiger partial charge in [-0.3, -0.25) is 0 Å². The van der Waals surface area contributed by atoms with Crippen LogP contribution in [-0.2, 0) is 0 Å². The van der Waals surface area contributed by atoms with Gasteiger partial charge < -0.3 is 9.80 Å². The van der Waals surface area contributed by atoms with Gasteiger partial charge in [0.15, 0.2) is 0 Å². The van der Waals surface area contributed by atoms with Crippen molar-refractivity contribution in [3.05, 3.63) is 0 Å². The van der Waals surface area contributed by atoms with Gasteiger partial charge in [0.05, 0.1) is 0 Å². The van der Waals surface area contributed by atoms with Crippen LogP contribution in [-0.4, -0.2) is 50.1 Å². The van der Waals surface area contributed by atoms with Gasteiger partial charge in [0.25, 0.3) is 0 Å². The van der Waals surface area contributed by atoms with Gasteiger partial charge in [0.2, 0.25) is 0 Å². The molecule has 2 aliphatic heterocycles. The lowest BCUT2D eigenvalue weighted by molar-refractivity contribution is 0.230. The van der Waals surface area contributed by atoms with Crippen molar-refractivity contribution in [2.45, 2.75) is 168 Å². The van der Waals surface area contributed by atoms with Crippen molar-refractivity contribution in [3.63, 3.8) is 0 Å². The van der Waals surface area contributed by atoms with E-state index in [-0.39, 0.29) is 7.43 Å². The molecule has 2 nitrogen and oxygen atoms in total. The van der Waals surface area contributed by atoms with Crippen molar-refractivity contribution in [1.82, 2.24) is 9.80 Å². The summed E-state index contributed by atoms with van der Waals surface area (Å²) < 4.78 is 0. The van der Waals surface area contributed by atoms with Gasteiger partial charge in [-0.05, 0) is 88.0 Å². The first-order valence-electron chi connectivity index (χ1n) is 17.0. The smallest absolute Gasteiger partial charge is 0.000445 e. The minimum atomic E-state index is 0. The average molecular weight is 557 g/mol. The topological polar surface area (TPSA) is 6.48 Å². The molecule has 1 unspecified atom stereocenters. The fraction of sp³-hybridized carbons (Fsp3) is 1.00. The molecule has 0 spiro atoms. The Morgan fingerprint density at radius 2 is 0.872 bits per heavy atom. The molecule has 3 fully saturated rings. The first-order valence-corrected chi connectivity index (χ1v) is 17.0. The predicted octanol–water partition coefficient (Wildman–Crippen LogP) is 12.1. The summed E-state index contributed by atoms with van der Waals surface area (Å²) in [5.74, 6) is 4.85. The number of hydrogen-bond donors (Lipinski definition) is 0. The van der Waals surface area contributed by atoms with E-state index in [4.69, 9.17) is 0 Å². The van der Waals surface area contributed by atoms with Crippen molar-refractivity contribution in [2.75, 3.05) is 40.3 Å². The summed E-state index contributed by atoms with van der Waals surface area (Å²) in [7, 11) is 4.38. The van der Waals surface area contributed by atoms with Crippen LogP contribution in [0.2, 0.25) is 0 Å². The lowest BCUT2D eigenvalue weighted by Gasteiger charge is -2.26. The van der Waals surface area contributed by atoms with Crippen molar-refractivity contribution in [3.8, 4) is 0 Å². The normalized spacial score (nSPS) is 23.5. The molecular formula is C37H84N2. The SMILES string of the molecule is C.CC1CCC(C)CC1.CC1CCN(C)C1.CC1CCN(C)CC1.CCC(C)(C)C.CCC(C)C.CCCC. The summed E-state index contributed by atoms with van der Waals surface area (Å²) in [6.45, 7) is 34.6. The van der Waals surface area contributed by atoms with E-state index < -0.39 is 0 Å². The van der Waals surface area contributed by atoms with Gasteiger partial charge in [0.1, 0.15) is 0 Å². The average Bonchev–Trinajstić information content (AvgIpc) is 3.26. The Hall–Kier alpha value is -0.0800. The Balaban J connectivity index is -0.000000191. The van der Waals surface area contributed by atoms with E-state index in [1.165, 1.54) is 96.8 Å². The molecule has 2 heterocycles. The van der Waals surface area contributed by atoms with Crippen molar-refractivity contribution < 1.29 is 0 Å². The van der Waals surface area contributed by atoms with Crippen LogP contribution in [0, 0.1) is 35.0 Å². The fourth-order valence-corrected chi connectivity index (χ4v) is 3.72. The van der Waals surface area contributed by atoms with Crippen LogP contribution in [0.3, 0.4) is 0 Å². The van der Waals surface area contributed by atoms with Crippen molar-refractivity contribution >= 4 is 0 Å². The molecule has 1 aliphatic carbocycles.